The molecular weight excluding hydrogens is 414 g/mol. The van der Waals surface area contributed by atoms with Crippen LogP contribution in [0.5, 0.6) is 0 Å². The highest BCUT2D eigenvalue weighted by Gasteiger charge is 2.56. The molecule has 3 fully saturated rings. The zero-order valence-corrected chi connectivity index (χ0v) is 18.2. The van der Waals surface area contributed by atoms with Gasteiger partial charge in [0, 0.05) is 57.6 Å². The number of sulfonamides is 1. The van der Waals surface area contributed by atoms with Crippen LogP contribution in [0.15, 0.2) is 17.0 Å². The molecule has 0 aliphatic carbocycles. The molecule has 30 heavy (non-hydrogen) atoms. The Labute approximate surface area is 176 Å². The number of aryl methyl sites for hydroxylation is 1. The minimum Gasteiger partial charge on any atom is -0.343 e. The summed E-state index contributed by atoms with van der Waals surface area (Å²) in [5, 5.41) is 0. The lowest BCUT2D eigenvalue weighted by molar-refractivity contribution is -0.134. The van der Waals surface area contributed by atoms with Gasteiger partial charge in [0.1, 0.15) is 10.6 Å². The summed E-state index contributed by atoms with van der Waals surface area (Å²) in [5.41, 5.74) is -0.203. The van der Waals surface area contributed by atoms with Gasteiger partial charge in [-0.1, -0.05) is 6.92 Å². The van der Waals surface area contributed by atoms with Gasteiger partial charge in [-0.3, -0.25) is 14.7 Å². The monoisotopic (exact) mass is 442 g/mol. The molecule has 3 aliphatic heterocycles. The number of alkyl halides is 2. The average Bonchev–Trinajstić information content (AvgIpc) is 2.65. The van der Waals surface area contributed by atoms with Crippen LogP contribution in [0.2, 0.25) is 0 Å². The second-order valence-electron chi connectivity index (χ2n) is 8.75. The molecule has 166 valence electrons. The third-order valence-corrected chi connectivity index (χ3v) is 8.52. The zero-order chi connectivity index (χ0) is 21.7. The number of carbonyl (C=O) groups is 1. The first-order chi connectivity index (χ1) is 14.1. The van der Waals surface area contributed by atoms with Gasteiger partial charge in [-0.05, 0) is 31.4 Å². The van der Waals surface area contributed by atoms with Crippen molar-refractivity contribution in [1.82, 2.24) is 19.1 Å². The topological polar surface area (TPSA) is 73.8 Å². The molecular formula is C20H28F2N4O3S. The minimum absolute atomic E-state index is 0.00645. The van der Waals surface area contributed by atoms with Gasteiger partial charge >= 0.3 is 0 Å². The highest BCUT2D eigenvalue weighted by Crippen LogP contribution is 2.44. The van der Waals surface area contributed by atoms with E-state index in [1.54, 1.807) is 13.8 Å². The number of carbonyl (C=O) groups excluding carboxylic acids is 1. The lowest BCUT2D eigenvalue weighted by Gasteiger charge is -2.62. The number of hydrogen-bond acceptors (Lipinski definition) is 5. The van der Waals surface area contributed by atoms with E-state index in [9.17, 15) is 22.0 Å². The maximum atomic E-state index is 13.0. The first kappa shape index (κ1) is 21.6. The maximum Gasteiger partial charge on any atom is 0.280 e. The molecule has 0 unspecified atom stereocenters. The summed E-state index contributed by atoms with van der Waals surface area (Å²) in [6, 6.07) is 2.82. The van der Waals surface area contributed by atoms with E-state index in [4.69, 9.17) is 0 Å². The third-order valence-electron chi connectivity index (χ3n) is 6.66. The standard InChI is InChI=1S/C20H28F2N4O3S/c1-3-16-18(5-4-17(23-16)19(21)22)30(28,29)26-12-20(13-26)10-25(11-20)15-6-8-24(9-7-15)14(2)27/h4-5,15,19H,3,6-13H2,1-2H3. The van der Waals surface area contributed by atoms with Gasteiger partial charge in [-0.15, -0.1) is 0 Å². The summed E-state index contributed by atoms with van der Waals surface area (Å²) in [6.45, 7) is 7.53. The van der Waals surface area contributed by atoms with E-state index < -0.39 is 22.1 Å². The molecule has 1 amide bonds. The van der Waals surface area contributed by atoms with Crippen LogP contribution in [0.3, 0.4) is 0 Å². The smallest absolute Gasteiger partial charge is 0.280 e. The van der Waals surface area contributed by atoms with Gasteiger partial charge in [-0.25, -0.2) is 17.2 Å². The van der Waals surface area contributed by atoms with Crippen LogP contribution in [-0.2, 0) is 21.2 Å². The molecule has 0 saturated carbocycles. The van der Waals surface area contributed by atoms with Crippen LogP contribution >= 0.6 is 0 Å². The molecule has 7 nitrogen and oxygen atoms in total. The SMILES string of the molecule is CCc1nc(C(F)F)ccc1S(=O)(=O)N1CC2(CN(C3CCN(C(C)=O)CC3)C2)C1. The van der Waals surface area contributed by atoms with Crippen molar-refractivity contribution in [2.45, 2.75) is 50.5 Å². The lowest BCUT2D eigenvalue weighted by Crippen LogP contribution is -2.74. The predicted molar refractivity (Wildman–Crippen MR) is 107 cm³/mol. The number of aromatic nitrogens is 1. The molecule has 3 aliphatic rings. The van der Waals surface area contributed by atoms with Crippen LogP contribution < -0.4 is 0 Å². The van der Waals surface area contributed by atoms with E-state index in [1.807, 2.05) is 4.90 Å². The van der Waals surface area contributed by atoms with E-state index in [2.05, 4.69) is 9.88 Å². The number of pyridine rings is 1. The number of piperidine rings is 1. The molecule has 0 radical (unpaired) electrons. The molecule has 4 rings (SSSR count). The molecule has 1 aromatic heterocycles. The first-order valence-electron chi connectivity index (χ1n) is 10.4. The highest BCUT2D eigenvalue weighted by atomic mass is 32.2. The molecule has 0 bridgehead atoms. The van der Waals surface area contributed by atoms with Crippen molar-refractivity contribution in [3.8, 4) is 0 Å². The Morgan fingerprint density at radius 2 is 1.83 bits per heavy atom. The van der Waals surface area contributed by atoms with Crippen molar-refractivity contribution in [3.63, 3.8) is 0 Å². The number of nitrogens with zero attached hydrogens (tertiary/aromatic N) is 4. The van der Waals surface area contributed by atoms with Crippen LogP contribution in [0, 0.1) is 5.41 Å². The van der Waals surface area contributed by atoms with Gasteiger partial charge < -0.3 is 4.90 Å². The van der Waals surface area contributed by atoms with Gasteiger partial charge in [-0.2, -0.15) is 4.31 Å². The number of amides is 1. The second kappa shape index (κ2) is 7.80. The number of hydrogen-bond donors (Lipinski definition) is 0. The Morgan fingerprint density at radius 1 is 1.20 bits per heavy atom. The Balaban J connectivity index is 1.35. The van der Waals surface area contributed by atoms with Crippen molar-refractivity contribution in [2.75, 3.05) is 39.3 Å². The van der Waals surface area contributed by atoms with Gasteiger partial charge in [0.05, 0.1) is 5.69 Å². The predicted octanol–water partition coefficient (Wildman–Crippen LogP) is 1.90. The van der Waals surface area contributed by atoms with Crippen LogP contribution in [0.1, 0.15) is 44.5 Å². The summed E-state index contributed by atoms with van der Waals surface area (Å²) in [4.78, 5) is 19.7. The molecule has 1 aromatic rings. The molecule has 3 saturated heterocycles. The van der Waals surface area contributed by atoms with Crippen LogP contribution in [0.25, 0.3) is 0 Å². The Morgan fingerprint density at radius 3 is 2.37 bits per heavy atom. The van der Waals surface area contributed by atoms with Crippen molar-refractivity contribution in [1.29, 1.82) is 0 Å². The van der Waals surface area contributed by atoms with Crippen molar-refractivity contribution < 1.29 is 22.0 Å². The molecule has 1 spiro atoms. The molecule has 0 N–H and O–H groups in total. The van der Waals surface area contributed by atoms with E-state index >= 15 is 0 Å². The Kier molecular flexibility index (Phi) is 5.61. The normalized spacial score (nSPS) is 22.9. The van der Waals surface area contributed by atoms with Gasteiger partial charge in [0.25, 0.3) is 6.43 Å². The lowest BCUT2D eigenvalue weighted by atomic mass is 9.73. The average molecular weight is 443 g/mol. The van der Waals surface area contributed by atoms with Crippen LogP contribution in [-0.4, -0.2) is 78.7 Å². The van der Waals surface area contributed by atoms with E-state index in [1.165, 1.54) is 10.4 Å². The van der Waals surface area contributed by atoms with E-state index in [0.717, 1.165) is 45.1 Å². The maximum absolute atomic E-state index is 13.0. The van der Waals surface area contributed by atoms with E-state index in [-0.39, 0.29) is 28.3 Å². The fourth-order valence-electron chi connectivity index (χ4n) is 4.95. The highest BCUT2D eigenvalue weighted by molar-refractivity contribution is 7.89. The van der Waals surface area contributed by atoms with Crippen molar-refractivity contribution >= 4 is 15.9 Å². The van der Waals surface area contributed by atoms with Crippen molar-refractivity contribution in [2.24, 2.45) is 5.41 Å². The van der Waals surface area contributed by atoms with E-state index in [0.29, 0.717) is 19.1 Å². The third kappa shape index (κ3) is 3.73. The fraction of sp³-hybridized carbons (Fsp3) is 0.700. The number of rotatable bonds is 5. The summed E-state index contributed by atoms with van der Waals surface area (Å²) >= 11 is 0. The number of halogens is 2. The van der Waals surface area contributed by atoms with Gasteiger partial charge in [0.2, 0.25) is 15.9 Å². The molecule has 10 heteroatoms. The Hall–Kier alpha value is -1.65. The summed E-state index contributed by atoms with van der Waals surface area (Å²) in [6.07, 6.45) is -0.525. The fourth-order valence-corrected chi connectivity index (χ4v) is 6.84. The summed E-state index contributed by atoms with van der Waals surface area (Å²) < 4.78 is 53.3. The summed E-state index contributed by atoms with van der Waals surface area (Å²) in [5.74, 6) is 0.121. The first-order valence-corrected chi connectivity index (χ1v) is 11.9. The molecule has 0 aromatic carbocycles. The molecule has 4 heterocycles. The molecule has 0 atom stereocenters. The van der Waals surface area contributed by atoms with Crippen LogP contribution in [0.4, 0.5) is 8.78 Å². The zero-order valence-electron chi connectivity index (χ0n) is 17.4. The summed E-state index contributed by atoms with van der Waals surface area (Å²) in [7, 11) is -3.73. The largest absolute Gasteiger partial charge is 0.343 e. The van der Waals surface area contributed by atoms with Gasteiger partial charge in [0.15, 0.2) is 0 Å². The van der Waals surface area contributed by atoms with Crippen molar-refractivity contribution in [3.05, 3.63) is 23.5 Å². The number of likely N-dealkylation sites (tertiary alicyclic amines) is 2. The Bertz CT molecular complexity index is 918. The quantitative estimate of drug-likeness (QED) is 0.697. The minimum atomic E-state index is -3.73. The second-order valence-corrected chi connectivity index (χ2v) is 10.7.